The van der Waals surface area contributed by atoms with Crippen molar-refractivity contribution in [3.05, 3.63) is 79.1 Å². The van der Waals surface area contributed by atoms with Crippen LogP contribution in [0.15, 0.2) is 79.1 Å². The second kappa shape index (κ2) is 8.56. The molecule has 23 heavy (non-hydrogen) atoms. The summed E-state index contributed by atoms with van der Waals surface area (Å²) in [6.45, 7) is 0. The van der Waals surface area contributed by atoms with Gasteiger partial charge in [-0.05, 0) is 47.5 Å². The van der Waals surface area contributed by atoms with E-state index in [-0.39, 0.29) is 0 Å². The number of hydrogen-bond acceptors (Lipinski definition) is 4. The number of hydrogen-bond donors (Lipinski definition) is 1. The van der Waals surface area contributed by atoms with Gasteiger partial charge in [-0.15, -0.1) is 0 Å². The molecule has 0 saturated heterocycles. The van der Waals surface area contributed by atoms with Crippen molar-refractivity contribution in [1.29, 1.82) is 0 Å². The highest BCUT2D eigenvalue weighted by Crippen LogP contribution is 2.18. The topological polar surface area (TPSA) is 65.2 Å². The molecule has 0 bridgehead atoms. The molecule has 3 aromatic rings. The van der Waals surface area contributed by atoms with Gasteiger partial charge >= 0.3 is 5.43 Å². The molecule has 0 saturated carbocycles. The van der Waals surface area contributed by atoms with E-state index in [2.05, 4.69) is 9.72 Å². The van der Waals surface area contributed by atoms with Crippen LogP contribution in [-0.2, 0) is 0 Å². The second-order valence-electron chi connectivity index (χ2n) is 4.51. The zero-order valence-electron chi connectivity index (χ0n) is 12.2. The standard InChI is InChI=1S/C11H10N2.C7H5ClO2/c12-11-3-1-9(2-4-11)10-5-7-13-8-6-10;8-7(9)10-6-4-2-1-3-5-6/h1-8H,12H2;1-5H. The molecular weight excluding hydrogens is 312 g/mol. The smallest absolute Gasteiger partial charge is 0.409 e. The summed E-state index contributed by atoms with van der Waals surface area (Å²) in [5, 5.41) is 0. The largest absolute Gasteiger partial charge is 0.415 e. The summed E-state index contributed by atoms with van der Waals surface area (Å²) in [6.07, 6.45) is 3.57. The predicted molar refractivity (Wildman–Crippen MR) is 92.4 cm³/mol. The highest BCUT2D eigenvalue weighted by molar-refractivity contribution is 6.61. The highest BCUT2D eigenvalue weighted by Gasteiger charge is 1.96. The first-order chi connectivity index (χ1) is 11.1. The number of benzene rings is 2. The number of anilines is 1. The predicted octanol–water partition coefficient (Wildman–Crippen LogP) is 4.76. The minimum absolute atomic E-state index is 0.461. The first kappa shape index (κ1) is 16.5. The number of halogens is 1. The average Bonchev–Trinajstić information content (AvgIpc) is 2.57. The molecule has 0 aliphatic rings. The van der Waals surface area contributed by atoms with Gasteiger partial charge < -0.3 is 10.5 Å². The van der Waals surface area contributed by atoms with Gasteiger partial charge in [0.25, 0.3) is 0 Å². The molecule has 5 heteroatoms. The number of carbonyl (C=O) groups excluding carboxylic acids is 1. The van der Waals surface area contributed by atoms with E-state index in [4.69, 9.17) is 17.3 Å². The molecule has 2 aromatic carbocycles. The molecule has 0 unspecified atom stereocenters. The Labute approximate surface area is 139 Å². The number of nitrogen functional groups attached to an aromatic ring is 1. The average molecular weight is 327 g/mol. The fourth-order valence-corrected chi connectivity index (χ4v) is 1.89. The van der Waals surface area contributed by atoms with Gasteiger partial charge in [0.1, 0.15) is 5.75 Å². The van der Waals surface area contributed by atoms with E-state index in [9.17, 15) is 4.79 Å². The molecule has 0 atom stereocenters. The normalized spacial score (nSPS) is 9.43. The summed E-state index contributed by atoms with van der Waals surface area (Å²) in [5.41, 5.74) is 7.89. The van der Waals surface area contributed by atoms with E-state index in [0.717, 1.165) is 16.8 Å². The molecule has 0 aliphatic carbocycles. The number of aromatic nitrogens is 1. The molecule has 0 radical (unpaired) electrons. The molecular formula is C18H15ClN2O2. The minimum atomic E-state index is -0.814. The maximum atomic E-state index is 10.2. The molecule has 0 fully saturated rings. The van der Waals surface area contributed by atoms with E-state index in [1.54, 1.807) is 36.7 Å². The van der Waals surface area contributed by atoms with Crippen LogP contribution in [-0.4, -0.2) is 10.4 Å². The van der Waals surface area contributed by atoms with Gasteiger partial charge in [-0.25, -0.2) is 4.79 Å². The summed E-state index contributed by atoms with van der Waals surface area (Å²) in [6, 6.07) is 20.4. The van der Waals surface area contributed by atoms with Crippen molar-refractivity contribution in [3.8, 4) is 16.9 Å². The van der Waals surface area contributed by atoms with Gasteiger partial charge in [0, 0.05) is 29.7 Å². The van der Waals surface area contributed by atoms with E-state index >= 15 is 0 Å². The number of ether oxygens (including phenoxy) is 1. The quantitative estimate of drug-likeness (QED) is 0.545. The van der Waals surface area contributed by atoms with Gasteiger partial charge in [0.15, 0.2) is 0 Å². The Bertz CT molecular complexity index is 732. The van der Waals surface area contributed by atoms with Crippen LogP contribution >= 0.6 is 11.6 Å². The summed E-state index contributed by atoms with van der Waals surface area (Å²) in [5.74, 6) is 0.461. The molecule has 116 valence electrons. The van der Waals surface area contributed by atoms with Gasteiger partial charge in [-0.3, -0.25) is 4.98 Å². The number of nitrogens with zero attached hydrogens (tertiary/aromatic N) is 1. The maximum Gasteiger partial charge on any atom is 0.409 e. The Hall–Kier alpha value is -2.85. The molecule has 3 rings (SSSR count). The third-order valence-electron chi connectivity index (χ3n) is 2.87. The monoisotopic (exact) mass is 326 g/mol. The fourth-order valence-electron chi connectivity index (χ4n) is 1.80. The molecule has 1 heterocycles. The summed E-state index contributed by atoms with van der Waals surface area (Å²) >= 11 is 4.95. The Kier molecular flexibility index (Phi) is 6.15. The van der Waals surface area contributed by atoms with Crippen LogP contribution in [0.25, 0.3) is 11.1 Å². The van der Waals surface area contributed by atoms with Crippen molar-refractivity contribution in [3.63, 3.8) is 0 Å². The first-order valence-electron chi connectivity index (χ1n) is 6.83. The van der Waals surface area contributed by atoms with Crippen molar-refractivity contribution in [2.24, 2.45) is 0 Å². The van der Waals surface area contributed by atoms with Crippen LogP contribution in [0.5, 0.6) is 5.75 Å². The minimum Gasteiger partial charge on any atom is -0.415 e. The van der Waals surface area contributed by atoms with Crippen molar-refractivity contribution in [2.75, 3.05) is 5.73 Å². The molecule has 4 nitrogen and oxygen atoms in total. The first-order valence-corrected chi connectivity index (χ1v) is 7.21. The summed E-state index contributed by atoms with van der Waals surface area (Å²) < 4.78 is 4.54. The third-order valence-corrected chi connectivity index (χ3v) is 2.94. The lowest BCUT2D eigenvalue weighted by Crippen LogP contribution is -1.94. The lowest BCUT2D eigenvalue weighted by molar-refractivity contribution is 0.225. The van der Waals surface area contributed by atoms with Gasteiger partial charge in [-0.1, -0.05) is 30.3 Å². The fraction of sp³-hybridized carbons (Fsp3) is 0. The number of carbonyl (C=O) groups is 1. The van der Waals surface area contributed by atoms with Crippen molar-refractivity contribution < 1.29 is 9.53 Å². The molecule has 0 aliphatic heterocycles. The lowest BCUT2D eigenvalue weighted by atomic mass is 10.1. The summed E-state index contributed by atoms with van der Waals surface area (Å²) in [7, 11) is 0. The van der Waals surface area contributed by atoms with Crippen LogP contribution in [0, 0.1) is 0 Å². The van der Waals surface area contributed by atoms with Gasteiger partial charge in [-0.2, -0.15) is 0 Å². The van der Waals surface area contributed by atoms with E-state index in [0.29, 0.717) is 5.75 Å². The Morgan fingerprint density at radius 1 is 0.870 bits per heavy atom. The van der Waals surface area contributed by atoms with Gasteiger partial charge in [0.05, 0.1) is 0 Å². The maximum absolute atomic E-state index is 10.2. The molecule has 0 spiro atoms. The third kappa shape index (κ3) is 5.80. The molecule has 0 amide bonds. The zero-order valence-corrected chi connectivity index (χ0v) is 13.0. The number of nitrogens with two attached hydrogens (primary N) is 1. The van der Waals surface area contributed by atoms with E-state index < -0.39 is 5.43 Å². The zero-order chi connectivity index (χ0) is 16.5. The van der Waals surface area contributed by atoms with Crippen LogP contribution in [0.4, 0.5) is 10.5 Å². The van der Waals surface area contributed by atoms with Crippen molar-refractivity contribution >= 4 is 22.7 Å². The number of para-hydroxylation sites is 1. The Balaban J connectivity index is 0.000000174. The van der Waals surface area contributed by atoms with E-state index in [1.807, 2.05) is 42.5 Å². The second-order valence-corrected chi connectivity index (χ2v) is 4.82. The number of rotatable bonds is 2. The summed E-state index contributed by atoms with van der Waals surface area (Å²) in [4.78, 5) is 14.1. The van der Waals surface area contributed by atoms with Crippen LogP contribution in [0.3, 0.4) is 0 Å². The SMILES string of the molecule is Nc1ccc(-c2ccncc2)cc1.O=C(Cl)Oc1ccccc1. The molecule has 2 N–H and O–H groups in total. The van der Waals surface area contributed by atoms with E-state index in [1.165, 1.54) is 0 Å². The number of pyridine rings is 1. The van der Waals surface area contributed by atoms with Crippen LogP contribution < -0.4 is 10.5 Å². The lowest BCUT2D eigenvalue weighted by Gasteiger charge is -2.00. The highest BCUT2D eigenvalue weighted by atomic mass is 35.5. The Morgan fingerprint density at radius 3 is 2.00 bits per heavy atom. The van der Waals surface area contributed by atoms with Crippen molar-refractivity contribution in [2.45, 2.75) is 0 Å². The van der Waals surface area contributed by atoms with Crippen LogP contribution in [0.1, 0.15) is 0 Å². The van der Waals surface area contributed by atoms with Crippen LogP contribution in [0.2, 0.25) is 0 Å². The molecule has 1 aromatic heterocycles. The van der Waals surface area contributed by atoms with Gasteiger partial charge in [0.2, 0.25) is 0 Å². The Morgan fingerprint density at radius 2 is 1.43 bits per heavy atom. The van der Waals surface area contributed by atoms with Crippen molar-refractivity contribution in [1.82, 2.24) is 4.98 Å².